The Bertz CT molecular complexity index is 954. The van der Waals surface area contributed by atoms with Crippen molar-refractivity contribution >= 4 is 10.8 Å². The van der Waals surface area contributed by atoms with E-state index in [1.807, 2.05) is 0 Å². The second-order valence-electron chi connectivity index (χ2n) is 4.72. The van der Waals surface area contributed by atoms with Gasteiger partial charge in [-0.1, -0.05) is 0 Å². The lowest BCUT2D eigenvalue weighted by Gasteiger charge is -2.12. The fraction of sp³-hybridized carbons (Fsp3) is 0.125. The Morgan fingerprint density at radius 1 is 1.09 bits per heavy atom. The van der Waals surface area contributed by atoms with E-state index in [4.69, 9.17) is 9.47 Å². The van der Waals surface area contributed by atoms with E-state index >= 15 is 0 Å². The summed E-state index contributed by atoms with van der Waals surface area (Å²) in [6, 6.07) is 6.19. The predicted molar refractivity (Wildman–Crippen MR) is 80.4 cm³/mol. The molecular formula is C16H12F2N2O3. The van der Waals surface area contributed by atoms with Crippen molar-refractivity contribution in [1.82, 2.24) is 9.78 Å². The fourth-order valence-electron chi connectivity index (χ4n) is 2.37. The standard InChI is InChI=1S/C16H12F2N2O3/c1-22-13-6-3-9-8-19-20(16(21)14(9)15(13)23-2)12-5-4-10(17)7-11(12)18/h3-8H,1-2H3. The Kier molecular flexibility index (Phi) is 3.69. The van der Waals surface area contributed by atoms with Gasteiger partial charge in [-0.25, -0.2) is 8.78 Å². The van der Waals surface area contributed by atoms with Crippen molar-refractivity contribution in [2.45, 2.75) is 0 Å². The molecule has 0 fully saturated rings. The van der Waals surface area contributed by atoms with Crippen molar-refractivity contribution < 1.29 is 18.3 Å². The van der Waals surface area contributed by atoms with Crippen molar-refractivity contribution in [3.05, 3.63) is 58.5 Å². The van der Waals surface area contributed by atoms with Crippen molar-refractivity contribution in [2.75, 3.05) is 14.2 Å². The number of halogens is 2. The Labute approximate surface area is 129 Å². The van der Waals surface area contributed by atoms with E-state index < -0.39 is 17.2 Å². The van der Waals surface area contributed by atoms with Gasteiger partial charge in [0.2, 0.25) is 0 Å². The number of benzene rings is 2. The zero-order valence-corrected chi connectivity index (χ0v) is 12.3. The molecule has 0 aliphatic carbocycles. The zero-order valence-electron chi connectivity index (χ0n) is 12.3. The first-order valence-corrected chi connectivity index (χ1v) is 6.65. The fourth-order valence-corrected chi connectivity index (χ4v) is 2.37. The number of methoxy groups -OCH3 is 2. The van der Waals surface area contributed by atoms with E-state index in [9.17, 15) is 13.6 Å². The van der Waals surface area contributed by atoms with Crippen LogP contribution in [0.3, 0.4) is 0 Å². The molecule has 0 N–H and O–H groups in total. The molecule has 2 aromatic carbocycles. The van der Waals surface area contributed by atoms with Crippen LogP contribution in [-0.2, 0) is 0 Å². The summed E-state index contributed by atoms with van der Waals surface area (Å²) in [4.78, 5) is 12.7. The molecule has 0 radical (unpaired) electrons. The van der Waals surface area contributed by atoms with Crippen molar-refractivity contribution in [2.24, 2.45) is 0 Å². The molecular weight excluding hydrogens is 306 g/mol. The molecule has 23 heavy (non-hydrogen) atoms. The third kappa shape index (κ3) is 2.40. The lowest BCUT2D eigenvalue weighted by molar-refractivity contribution is 0.358. The molecule has 0 saturated carbocycles. The predicted octanol–water partition coefficient (Wildman–Crippen LogP) is 2.68. The molecule has 5 nitrogen and oxygen atoms in total. The van der Waals surface area contributed by atoms with Crippen LogP contribution in [0.5, 0.6) is 11.5 Å². The van der Waals surface area contributed by atoms with E-state index in [0.29, 0.717) is 17.2 Å². The van der Waals surface area contributed by atoms with Crippen LogP contribution in [0, 0.1) is 11.6 Å². The number of rotatable bonds is 3. The van der Waals surface area contributed by atoms with Crippen LogP contribution in [0.25, 0.3) is 16.5 Å². The highest BCUT2D eigenvalue weighted by Crippen LogP contribution is 2.33. The molecule has 1 aromatic heterocycles. The maximum Gasteiger partial charge on any atom is 0.283 e. The summed E-state index contributed by atoms with van der Waals surface area (Å²) in [6.07, 6.45) is 1.40. The zero-order chi connectivity index (χ0) is 16.6. The number of hydrogen-bond acceptors (Lipinski definition) is 4. The van der Waals surface area contributed by atoms with Gasteiger partial charge in [0.1, 0.15) is 11.5 Å². The smallest absolute Gasteiger partial charge is 0.283 e. The lowest BCUT2D eigenvalue weighted by Crippen LogP contribution is -2.22. The highest BCUT2D eigenvalue weighted by atomic mass is 19.1. The number of nitrogens with zero attached hydrogens (tertiary/aromatic N) is 2. The molecule has 0 saturated heterocycles. The van der Waals surface area contributed by atoms with Crippen molar-refractivity contribution in [1.29, 1.82) is 0 Å². The molecule has 3 aromatic rings. The summed E-state index contributed by atoms with van der Waals surface area (Å²) in [7, 11) is 2.85. The summed E-state index contributed by atoms with van der Waals surface area (Å²) in [5, 5.41) is 4.66. The van der Waals surface area contributed by atoms with Gasteiger partial charge in [-0.3, -0.25) is 4.79 Å². The Hall–Kier alpha value is -2.96. The highest BCUT2D eigenvalue weighted by Gasteiger charge is 2.17. The van der Waals surface area contributed by atoms with E-state index in [1.54, 1.807) is 12.1 Å². The first-order valence-electron chi connectivity index (χ1n) is 6.65. The van der Waals surface area contributed by atoms with Gasteiger partial charge in [-0.15, -0.1) is 0 Å². The Morgan fingerprint density at radius 3 is 2.52 bits per heavy atom. The molecule has 0 unspecified atom stereocenters. The molecule has 0 aliphatic heterocycles. The van der Waals surface area contributed by atoms with Gasteiger partial charge < -0.3 is 9.47 Å². The summed E-state index contributed by atoms with van der Waals surface area (Å²) < 4.78 is 38.3. The van der Waals surface area contributed by atoms with Crippen LogP contribution in [0.15, 0.2) is 41.3 Å². The molecule has 1 heterocycles. The summed E-state index contributed by atoms with van der Waals surface area (Å²) in [5.74, 6) is -1.02. The number of hydrogen-bond donors (Lipinski definition) is 0. The maximum atomic E-state index is 13.9. The minimum atomic E-state index is -0.888. The van der Waals surface area contributed by atoms with Gasteiger partial charge in [-0.05, 0) is 24.3 Å². The van der Waals surface area contributed by atoms with Crippen molar-refractivity contribution in [3.63, 3.8) is 0 Å². The second-order valence-corrected chi connectivity index (χ2v) is 4.72. The Balaban J connectivity index is 2.36. The third-order valence-corrected chi connectivity index (χ3v) is 3.43. The van der Waals surface area contributed by atoms with E-state index in [0.717, 1.165) is 16.8 Å². The van der Waals surface area contributed by atoms with Gasteiger partial charge in [0.05, 0.1) is 25.8 Å². The largest absolute Gasteiger partial charge is 0.493 e. The number of aromatic nitrogens is 2. The normalized spacial score (nSPS) is 10.8. The summed E-state index contributed by atoms with van der Waals surface area (Å²) in [5.41, 5.74) is -0.744. The van der Waals surface area contributed by atoms with E-state index in [1.165, 1.54) is 20.4 Å². The lowest BCUT2D eigenvalue weighted by atomic mass is 10.1. The molecule has 3 rings (SSSR count). The maximum absolute atomic E-state index is 13.9. The van der Waals surface area contributed by atoms with Crippen LogP contribution in [0.1, 0.15) is 0 Å². The van der Waals surface area contributed by atoms with Gasteiger partial charge in [0.15, 0.2) is 17.3 Å². The first kappa shape index (κ1) is 15.0. The van der Waals surface area contributed by atoms with Crippen molar-refractivity contribution in [3.8, 4) is 17.2 Å². The highest BCUT2D eigenvalue weighted by molar-refractivity contribution is 5.89. The van der Waals surface area contributed by atoms with Crippen LogP contribution >= 0.6 is 0 Å². The average Bonchev–Trinajstić information content (AvgIpc) is 2.55. The van der Waals surface area contributed by atoms with Gasteiger partial charge in [0.25, 0.3) is 5.56 Å². The SMILES string of the molecule is COc1ccc2cnn(-c3ccc(F)cc3F)c(=O)c2c1OC. The molecule has 0 atom stereocenters. The van der Waals surface area contributed by atoms with E-state index in [-0.39, 0.29) is 16.8 Å². The second kappa shape index (κ2) is 5.68. The van der Waals surface area contributed by atoms with Gasteiger partial charge in [0, 0.05) is 11.5 Å². The topological polar surface area (TPSA) is 53.4 Å². The minimum absolute atomic E-state index is 0.150. The van der Waals surface area contributed by atoms with Gasteiger partial charge >= 0.3 is 0 Å². The third-order valence-electron chi connectivity index (χ3n) is 3.43. The van der Waals surface area contributed by atoms with Crippen LogP contribution in [-0.4, -0.2) is 24.0 Å². The molecule has 0 amide bonds. The molecule has 118 valence electrons. The summed E-state index contributed by atoms with van der Waals surface area (Å²) >= 11 is 0. The number of fused-ring (bicyclic) bond motifs is 1. The van der Waals surface area contributed by atoms with Crippen LogP contribution in [0.4, 0.5) is 8.78 Å². The number of ether oxygens (including phenoxy) is 2. The monoisotopic (exact) mass is 318 g/mol. The molecule has 0 aliphatic rings. The Morgan fingerprint density at radius 2 is 1.87 bits per heavy atom. The van der Waals surface area contributed by atoms with Gasteiger partial charge in [-0.2, -0.15) is 9.78 Å². The van der Waals surface area contributed by atoms with E-state index in [2.05, 4.69) is 5.10 Å². The quantitative estimate of drug-likeness (QED) is 0.745. The molecule has 7 heteroatoms. The minimum Gasteiger partial charge on any atom is -0.493 e. The summed E-state index contributed by atoms with van der Waals surface area (Å²) in [6.45, 7) is 0. The first-order chi connectivity index (χ1) is 11.1. The van der Waals surface area contributed by atoms with Crippen LogP contribution in [0.2, 0.25) is 0 Å². The molecule has 0 spiro atoms. The average molecular weight is 318 g/mol. The van der Waals surface area contributed by atoms with Crippen LogP contribution < -0.4 is 15.0 Å². The molecule has 0 bridgehead atoms.